The van der Waals surface area contributed by atoms with Gasteiger partial charge in [-0.15, -0.1) is 0 Å². The zero-order valence-electron chi connectivity index (χ0n) is 21.1. The van der Waals surface area contributed by atoms with Gasteiger partial charge in [-0.05, 0) is 72.0 Å². The molecule has 2 unspecified atom stereocenters. The molecule has 4 rings (SSSR count). The fourth-order valence-electron chi connectivity index (χ4n) is 6.04. The fraction of sp³-hybridized carbons (Fsp3) is 0.885. The maximum Gasteiger partial charge on any atom is 0.0700 e. The van der Waals surface area contributed by atoms with E-state index in [-0.39, 0.29) is 5.54 Å². The topological polar surface area (TPSA) is 47.8 Å². The van der Waals surface area contributed by atoms with Crippen molar-refractivity contribution in [2.24, 2.45) is 11.8 Å². The van der Waals surface area contributed by atoms with Crippen LogP contribution in [-0.2, 0) is 12.1 Å². The predicted molar refractivity (Wildman–Crippen MR) is 131 cm³/mol. The molecule has 3 aliphatic rings. The summed E-state index contributed by atoms with van der Waals surface area (Å²) in [6, 6.07) is 0. The minimum absolute atomic E-state index is 0.0166. The van der Waals surface area contributed by atoms with Crippen LogP contribution >= 0.6 is 0 Å². The summed E-state index contributed by atoms with van der Waals surface area (Å²) in [4.78, 5) is 7.70. The van der Waals surface area contributed by atoms with Crippen molar-refractivity contribution in [1.29, 1.82) is 0 Å². The van der Waals surface area contributed by atoms with E-state index in [1.165, 1.54) is 62.9 Å². The lowest BCUT2D eigenvalue weighted by molar-refractivity contribution is 0.165. The Morgan fingerprint density at radius 2 is 1.69 bits per heavy atom. The Bertz CT molecular complexity index is 720. The first-order valence-electron chi connectivity index (χ1n) is 13.2. The zero-order valence-corrected chi connectivity index (χ0v) is 21.1. The summed E-state index contributed by atoms with van der Waals surface area (Å²) in [7, 11) is 2.24. The van der Waals surface area contributed by atoms with Crippen LogP contribution in [0.4, 0.5) is 0 Å². The summed E-state index contributed by atoms with van der Waals surface area (Å²) in [6.07, 6.45) is 10.2. The highest BCUT2D eigenvalue weighted by atomic mass is 16.3. The quantitative estimate of drug-likeness (QED) is 0.728. The molecular weight excluding hydrogens is 398 g/mol. The number of nitrogens with zero attached hydrogens (tertiary/aromatic N) is 5. The first-order chi connectivity index (χ1) is 15.3. The van der Waals surface area contributed by atoms with E-state index in [0.717, 1.165) is 39.3 Å². The lowest BCUT2D eigenvalue weighted by Gasteiger charge is -2.26. The van der Waals surface area contributed by atoms with Gasteiger partial charge in [-0.3, -0.25) is 9.58 Å². The number of hydrogen-bond acceptors (Lipinski definition) is 5. The summed E-state index contributed by atoms with van der Waals surface area (Å²) < 4.78 is 2.21. The molecule has 0 amide bonds. The van der Waals surface area contributed by atoms with Crippen molar-refractivity contribution in [3.63, 3.8) is 0 Å². The molecular formula is C26H47N5O. The SMILES string of the molecule is CN1CCCN(CC2CN(Cc3cn(C(C)(C)C)nc3C3CCCCC3)CC2CO)CC1. The Morgan fingerprint density at radius 1 is 0.938 bits per heavy atom. The fourth-order valence-corrected chi connectivity index (χ4v) is 6.04. The van der Waals surface area contributed by atoms with Crippen LogP contribution in [0.3, 0.4) is 0 Å². The number of likely N-dealkylation sites (tertiary alicyclic amines) is 1. The molecule has 0 spiro atoms. The van der Waals surface area contributed by atoms with Gasteiger partial charge in [-0.1, -0.05) is 19.3 Å². The van der Waals surface area contributed by atoms with E-state index in [9.17, 15) is 5.11 Å². The molecule has 1 N–H and O–H groups in total. The second-order valence-electron chi connectivity index (χ2n) is 11.8. The molecule has 1 aliphatic carbocycles. The highest BCUT2D eigenvalue weighted by Crippen LogP contribution is 2.36. The van der Waals surface area contributed by atoms with Gasteiger partial charge in [0.15, 0.2) is 0 Å². The third-order valence-electron chi connectivity index (χ3n) is 8.09. The summed E-state index contributed by atoms with van der Waals surface area (Å²) in [6.45, 7) is 16.0. The Hall–Kier alpha value is -0.950. The number of likely N-dealkylation sites (N-methyl/N-ethyl adjacent to an activating group) is 1. The summed E-state index contributed by atoms with van der Waals surface area (Å²) in [5, 5.41) is 15.3. The van der Waals surface area contributed by atoms with E-state index in [4.69, 9.17) is 5.10 Å². The maximum atomic E-state index is 10.1. The molecule has 0 aromatic carbocycles. The smallest absolute Gasteiger partial charge is 0.0700 e. The second-order valence-corrected chi connectivity index (χ2v) is 11.8. The van der Waals surface area contributed by atoms with Gasteiger partial charge >= 0.3 is 0 Å². The molecule has 6 nitrogen and oxygen atoms in total. The van der Waals surface area contributed by atoms with E-state index in [1.807, 2.05) is 0 Å². The van der Waals surface area contributed by atoms with Gasteiger partial charge < -0.3 is 14.9 Å². The van der Waals surface area contributed by atoms with E-state index in [2.05, 4.69) is 53.4 Å². The predicted octanol–water partition coefficient (Wildman–Crippen LogP) is 3.36. The van der Waals surface area contributed by atoms with Crippen LogP contribution in [0.2, 0.25) is 0 Å². The van der Waals surface area contributed by atoms with Gasteiger partial charge in [0, 0.05) is 63.6 Å². The third kappa shape index (κ3) is 5.94. The van der Waals surface area contributed by atoms with Gasteiger partial charge in [0.25, 0.3) is 0 Å². The molecule has 2 atom stereocenters. The molecule has 3 fully saturated rings. The van der Waals surface area contributed by atoms with Crippen molar-refractivity contribution >= 4 is 0 Å². The van der Waals surface area contributed by atoms with Crippen molar-refractivity contribution in [2.75, 3.05) is 59.5 Å². The molecule has 0 bridgehead atoms. The minimum atomic E-state index is 0.0166. The number of aliphatic hydroxyl groups is 1. The van der Waals surface area contributed by atoms with Crippen LogP contribution in [0.15, 0.2) is 6.20 Å². The maximum absolute atomic E-state index is 10.1. The van der Waals surface area contributed by atoms with Crippen molar-refractivity contribution in [3.05, 3.63) is 17.5 Å². The monoisotopic (exact) mass is 445 g/mol. The highest BCUT2D eigenvalue weighted by molar-refractivity contribution is 5.23. The van der Waals surface area contributed by atoms with Gasteiger partial charge in [0.05, 0.1) is 11.2 Å². The van der Waals surface area contributed by atoms with Crippen molar-refractivity contribution in [3.8, 4) is 0 Å². The number of hydrogen-bond donors (Lipinski definition) is 1. The molecule has 1 saturated carbocycles. The molecule has 32 heavy (non-hydrogen) atoms. The Labute approximate surface area is 195 Å². The summed E-state index contributed by atoms with van der Waals surface area (Å²) in [5.41, 5.74) is 2.81. The lowest BCUT2D eigenvalue weighted by atomic mass is 9.85. The molecule has 2 saturated heterocycles. The Kier molecular flexibility index (Phi) is 7.97. The average molecular weight is 446 g/mol. The Morgan fingerprint density at radius 3 is 2.41 bits per heavy atom. The minimum Gasteiger partial charge on any atom is -0.396 e. The molecule has 0 radical (unpaired) electrons. The van der Waals surface area contributed by atoms with Gasteiger partial charge in [0.1, 0.15) is 0 Å². The van der Waals surface area contributed by atoms with Crippen molar-refractivity contribution in [2.45, 2.75) is 77.3 Å². The average Bonchev–Trinajstić information content (AvgIpc) is 3.30. The first-order valence-corrected chi connectivity index (χ1v) is 13.2. The van der Waals surface area contributed by atoms with Crippen molar-refractivity contribution in [1.82, 2.24) is 24.5 Å². The van der Waals surface area contributed by atoms with Crippen LogP contribution in [0.25, 0.3) is 0 Å². The van der Waals surface area contributed by atoms with Gasteiger partial charge in [-0.25, -0.2) is 0 Å². The number of aliphatic hydroxyl groups excluding tert-OH is 1. The number of aromatic nitrogens is 2. The van der Waals surface area contributed by atoms with Crippen LogP contribution in [0, 0.1) is 11.8 Å². The van der Waals surface area contributed by atoms with Crippen LogP contribution in [-0.4, -0.2) is 89.1 Å². The van der Waals surface area contributed by atoms with E-state index >= 15 is 0 Å². The van der Waals surface area contributed by atoms with Crippen LogP contribution in [0.5, 0.6) is 0 Å². The van der Waals surface area contributed by atoms with Crippen LogP contribution < -0.4 is 0 Å². The van der Waals surface area contributed by atoms with E-state index < -0.39 is 0 Å². The first kappa shape index (κ1) is 24.2. The molecule has 1 aromatic rings. The summed E-state index contributed by atoms with van der Waals surface area (Å²) >= 11 is 0. The lowest BCUT2D eigenvalue weighted by Crippen LogP contribution is -2.36. The standard InChI is InChI=1S/C26H47N5O/c1-26(2,3)31-19-23(25(27-31)21-9-6-5-7-10-21)17-30-16-22(24(18-30)20-32)15-29-12-8-11-28(4)13-14-29/h19,21-22,24,32H,5-18,20H2,1-4H3. The third-order valence-corrected chi connectivity index (χ3v) is 8.09. The van der Waals surface area contributed by atoms with Gasteiger partial charge in [0.2, 0.25) is 0 Å². The zero-order chi connectivity index (χ0) is 22.7. The van der Waals surface area contributed by atoms with E-state index in [1.54, 1.807) is 0 Å². The second kappa shape index (κ2) is 10.5. The van der Waals surface area contributed by atoms with Crippen LogP contribution in [0.1, 0.15) is 76.5 Å². The molecule has 182 valence electrons. The molecule has 1 aromatic heterocycles. The molecule has 6 heteroatoms. The number of rotatable bonds is 6. The normalized spacial score (nSPS) is 27.8. The molecule has 2 aliphatic heterocycles. The largest absolute Gasteiger partial charge is 0.396 e. The molecule has 3 heterocycles. The van der Waals surface area contributed by atoms with E-state index in [0.29, 0.717) is 24.4 Å². The Balaban J connectivity index is 1.44. The highest BCUT2D eigenvalue weighted by Gasteiger charge is 2.35. The summed E-state index contributed by atoms with van der Waals surface area (Å²) in [5.74, 6) is 1.59. The van der Waals surface area contributed by atoms with Gasteiger partial charge in [-0.2, -0.15) is 5.10 Å². The van der Waals surface area contributed by atoms with Crippen molar-refractivity contribution < 1.29 is 5.11 Å².